The van der Waals surface area contributed by atoms with Gasteiger partial charge >= 0.3 is 0 Å². The van der Waals surface area contributed by atoms with Crippen LogP contribution in [0.5, 0.6) is 0 Å². The number of nitrogens with zero attached hydrogens (tertiary/aromatic N) is 1. The van der Waals surface area contributed by atoms with E-state index in [2.05, 4.69) is 11.8 Å². The van der Waals surface area contributed by atoms with Gasteiger partial charge in [-0.15, -0.1) is 0 Å². The summed E-state index contributed by atoms with van der Waals surface area (Å²) in [5.74, 6) is 1.03. The van der Waals surface area contributed by atoms with Crippen molar-refractivity contribution in [2.24, 2.45) is 5.92 Å². The highest BCUT2D eigenvalue weighted by molar-refractivity contribution is 4.90. The average molecular weight is 111 g/mol. The predicted molar refractivity (Wildman–Crippen MR) is 33.8 cm³/mol. The lowest BCUT2D eigenvalue weighted by molar-refractivity contribution is 0.184. The molecule has 1 nitrogen and oxygen atoms in total. The Hall–Kier alpha value is -0.0400. The van der Waals surface area contributed by atoms with Gasteiger partial charge in [-0.05, 0) is 18.8 Å². The maximum absolute atomic E-state index is 2.57. The molecule has 2 fully saturated rings. The summed E-state index contributed by atoms with van der Waals surface area (Å²) in [6.07, 6.45) is 2.94. The zero-order valence-electron chi connectivity index (χ0n) is 5.43. The minimum atomic E-state index is 1.00. The Bertz CT molecular complexity index is 90.6. The van der Waals surface area contributed by atoms with Crippen LogP contribution in [-0.4, -0.2) is 24.0 Å². The summed E-state index contributed by atoms with van der Waals surface area (Å²) < 4.78 is 0. The number of hydrogen-bond acceptors (Lipinski definition) is 1. The second kappa shape index (κ2) is 1.47. The van der Waals surface area contributed by atoms with E-state index in [0.29, 0.717) is 0 Å². The molecule has 8 heavy (non-hydrogen) atoms. The Kier molecular flexibility index (Phi) is 0.884. The van der Waals surface area contributed by atoms with E-state index in [4.69, 9.17) is 0 Å². The standard InChI is InChI=1S/C7H13N/c1-6-4-7(5-6)8-2-3-8/h6-7H,2-5H2,1H3. The smallest absolute Gasteiger partial charge is 0.0113 e. The van der Waals surface area contributed by atoms with E-state index in [1.807, 2.05) is 0 Å². The maximum Gasteiger partial charge on any atom is 0.0113 e. The van der Waals surface area contributed by atoms with Gasteiger partial charge in [-0.25, -0.2) is 0 Å². The van der Waals surface area contributed by atoms with Crippen LogP contribution in [0.3, 0.4) is 0 Å². The molecule has 2 rings (SSSR count). The zero-order valence-corrected chi connectivity index (χ0v) is 5.43. The molecular formula is C7H13N. The van der Waals surface area contributed by atoms with Crippen LogP contribution in [0, 0.1) is 5.92 Å². The van der Waals surface area contributed by atoms with Crippen molar-refractivity contribution < 1.29 is 0 Å². The molecule has 46 valence electrons. The van der Waals surface area contributed by atoms with Crippen molar-refractivity contribution in [2.75, 3.05) is 13.1 Å². The first-order valence-electron chi connectivity index (χ1n) is 3.60. The molecule has 1 heteroatoms. The van der Waals surface area contributed by atoms with Crippen molar-refractivity contribution in [3.8, 4) is 0 Å². The largest absolute Gasteiger partial charge is 0.298 e. The molecule has 0 aromatic carbocycles. The molecule has 1 saturated heterocycles. The molecule has 0 unspecified atom stereocenters. The van der Waals surface area contributed by atoms with E-state index >= 15 is 0 Å². The van der Waals surface area contributed by atoms with Crippen molar-refractivity contribution >= 4 is 0 Å². The lowest BCUT2D eigenvalue weighted by atomic mass is 9.82. The van der Waals surface area contributed by atoms with Crippen LogP contribution in [0.4, 0.5) is 0 Å². The topological polar surface area (TPSA) is 3.01 Å². The first kappa shape index (κ1) is 4.80. The van der Waals surface area contributed by atoms with Gasteiger partial charge in [-0.2, -0.15) is 0 Å². The molecule has 0 bridgehead atoms. The molecule has 1 heterocycles. The van der Waals surface area contributed by atoms with Crippen molar-refractivity contribution in [1.29, 1.82) is 0 Å². The fourth-order valence-corrected chi connectivity index (χ4v) is 1.58. The van der Waals surface area contributed by atoms with Gasteiger partial charge in [0.25, 0.3) is 0 Å². The van der Waals surface area contributed by atoms with Crippen molar-refractivity contribution in [3.05, 3.63) is 0 Å². The summed E-state index contributed by atoms with van der Waals surface area (Å²) in [4.78, 5) is 2.57. The Morgan fingerprint density at radius 1 is 1.25 bits per heavy atom. The monoisotopic (exact) mass is 111 g/mol. The molecule has 0 atom stereocenters. The van der Waals surface area contributed by atoms with Gasteiger partial charge < -0.3 is 0 Å². The molecule has 2 aliphatic rings. The lowest BCUT2D eigenvalue weighted by Crippen LogP contribution is -2.33. The third-order valence-electron chi connectivity index (χ3n) is 2.35. The zero-order chi connectivity index (χ0) is 5.56. The summed E-state index contributed by atoms with van der Waals surface area (Å²) in [6.45, 7) is 5.12. The molecule has 0 aromatic rings. The summed E-state index contributed by atoms with van der Waals surface area (Å²) >= 11 is 0. The van der Waals surface area contributed by atoms with E-state index in [9.17, 15) is 0 Å². The van der Waals surface area contributed by atoms with Gasteiger partial charge in [0.05, 0.1) is 0 Å². The quantitative estimate of drug-likeness (QED) is 0.458. The third-order valence-corrected chi connectivity index (χ3v) is 2.35. The van der Waals surface area contributed by atoms with Crippen LogP contribution < -0.4 is 0 Å². The van der Waals surface area contributed by atoms with Crippen LogP contribution in [0.15, 0.2) is 0 Å². The first-order chi connectivity index (χ1) is 3.86. The Morgan fingerprint density at radius 3 is 2.25 bits per heavy atom. The highest BCUT2D eigenvalue weighted by atomic mass is 15.3. The summed E-state index contributed by atoms with van der Waals surface area (Å²) in [7, 11) is 0. The van der Waals surface area contributed by atoms with Crippen LogP contribution in [-0.2, 0) is 0 Å². The van der Waals surface area contributed by atoms with Crippen LogP contribution in [0.25, 0.3) is 0 Å². The predicted octanol–water partition coefficient (Wildman–Crippen LogP) is 1.10. The lowest BCUT2D eigenvalue weighted by Gasteiger charge is -2.33. The third kappa shape index (κ3) is 0.655. The van der Waals surface area contributed by atoms with E-state index in [0.717, 1.165) is 12.0 Å². The minimum Gasteiger partial charge on any atom is -0.298 e. The van der Waals surface area contributed by atoms with Gasteiger partial charge in [-0.3, -0.25) is 4.90 Å². The van der Waals surface area contributed by atoms with Gasteiger partial charge in [0.2, 0.25) is 0 Å². The SMILES string of the molecule is CC1CC(N2CC2)C1. The molecule has 0 radical (unpaired) electrons. The molecule has 0 aromatic heterocycles. The minimum absolute atomic E-state index is 1.00. The highest BCUT2D eigenvalue weighted by Gasteiger charge is 2.35. The van der Waals surface area contributed by atoms with E-state index < -0.39 is 0 Å². The van der Waals surface area contributed by atoms with Crippen molar-refractivity contribution in [1.82, 2.24) is 4.90 Å². The van der Waals surface area contributed by atoms with E-state index in [1.165, 1.54) is 25.9 Å². The Labute approximate surface area is 50.7 Å². The molecule has 1 aliphatic carbocycles. The fraction of sp³-hybridized carbons (Fsp3) is 1.00. The van der Waals surface area contributed by atoms with Crippen molar-refractivity contribution in [2.45, 2.75) is 25.8 Å². The normalized spacial score (nSPS) is 46.1. The fourth-order valence-electron chi connectivity index (χ4n) is 1.58. The number of hydrogen-bond donors (Lipinski definition) is 0. The van der Waals surface area contributed by atoms with Gasteiger partial charge in [-0.1, -0.05) is 6.92 Å². The van der Waals surface area contributed by atoms with E-state index in [-0.39, 0.29) is 0 Å². The van der Waals surface area contributed by atoms with Gasteiger partial charge in [0.15, 0.2) is 0 Å². The molecule has 0 N–H and O–H groups in total. The number of rotatable bonds is 1. The van der Waals surface area contributed by atoms with Crippen LogP contribution in [0.2, 0.25) is 0 Å². The van der Waals surface area contributed by atoms with Crippen molar-refractivity contribution in [3.63, 3.8) is 0 Å². The van der Waals surface area contributed by atoms with E-state index in [1.54, 1.807) is 0 Å². The van der Waals surface area contributed by atoms with Gasteiger partial charge in [0.1, 0.15) is 0 Å². The molecule has 1 aliphatic heterocycles. The van der Waals surface area contributed by atoms with Gasteiger partial charge in [0, 0.05) is 19.1 Å². The Balaban J connectivity index is 1.78. The molecule has 0 amide bonds. The summed E-state index contributed by atoms with van der Waals surface area (Å²) in [5, 5.41) is 0. The van der Waals surface area contributed by atoms with Crippen LogP contribution in [0.1, 0.15) is 19.8 Å². The second-order valence-electron chi connectivity index (χ2n) is 3.27. The molecule has 0 spiro atoms. The second-order valence-corrected chi connectivity index (χ2v) is 3.27. The first-order valence-corrected chi connectivity index (χ1v) is 3.60. The maximum atomic E-state index is 2.57. The molecular weight excluding hydrogens is 98.1 g/mol. The average Bonchev–Trinajstić information content (AvgIpc) is 2.37. The molecule has 1 saturated carbocycles. The summed E-state index contributed by atoms with van der Waals surface area (Å²) in [5.41, 5.74) is 0. The summed E-state index contributed by atoms with van der Waals surface area (Å²) in [6, 6.07) is 1.00. The van der Waals surface area contributed by atoms with Crippen LogP contribution >= 0.6 is 0 Å². The highest BCUT2D eigenvalue weighted by Crippen LogP contribution is 2.33. The Morgan fingerprint density at radius 2 is 1.88 bits per heavy atom.